The van der Waals surface area contributed by atoms with Crippen molar-refractivity contribution in [2.24, 2.45) is 17.4 Å². The summed E-state index contributed by atoms with van der Waals surface area (Å²) in [6.45, 7) is 2.81. The Morgan fingerprint density at radius 3 is 2.33 bits per heavy atom. The molecule has 0 radical (unpaired) electrons. The van der Waals surface area contributed by atoms with Crippen LogP contribution in [0.5, 0.6) is 5.75 Å². The van der Waals surface area contributed by atoms with Crippen molar-refractivity contribution in [1.29, 1.82) is 0 Å². The SMILES string of the molecule is COc1ccc(C(N)C(C)CCN)cc1. The van der Waals surface area contributed by atoms with Crippen LogP contribution >= 0.6 is 0 Å². The highest BCUT2D eigenvalue weighted by Crippen LogP contribution is 2.23. The Labute approximate surface area is 91.4 Å². The minimum atomic E-state index is 0.0551. The summed E-state index contributed by atoms with van der Waals surface area (Å²) < 4.78 is 5.10. The summed E-state index contributed by atoms with van der Waals surface area (Å²) in [6, 6.07) is 7.95. The van der Waals surface area contributed by atoms with Crippen LogP contribution in [0.2, 0.25) is 0 Å². The average Bonchev–Trinajstić information content (AvgIpc) is 2.28. The molecular weight excluding hydrogens is 188 g/mol. The lowest BCUT2D eigenvalue weighted by molar-refractivity contribution is 0.413. The summed E-state index contributed by atoms with van der Waals surface area (Å²) in [5.74, 6) is 1.26. The number of hydrogen-bond acceptors (Lipinski definition) is 3. The number of methoxy groups -OCH3 is 1. The van der Waals surface area contributed by atoms with Crippen LogP contribution < -0.4 is 16.2 Å². The van der Waals surface area contributed by atoms with Gasteiger partial charge in [-0.25, -0.2) is 0 Å². The fourth-order valence-corrected chi connectivity index (χ4v) is 1.60. The number of hydrogen-bond donors (Lipinski definition) is 2. The van der Waals surface area contributed by atoms with Crippen LogP contribution in [0.1, 0.15) is 24.9 Å². The predicted octanol–water partition coefficient (Wildman–Crippen LogP) is 1.68. The molecule has 0 spiro atoms. The Morgan fingerprint density at radius 2 is 1.87 bits per heavy atom. The van der Waals surface area contributed by atoms with Crippen LogP contribution in [0.4, 0.5) is 0 Å². The van der Waals surface area contributed by atoms with Gasteiger partial charge in [0.25, 0.3) is 0 Å². The van der Waals surface area contributed by atoms with E-state index in [1.807, 2.05) is 24.3 Å². The Hall–Kier alpha value is -1.06. The fraction of sp³-hybridized carbons (Fsp3) is 0.500. The van der Waals surface area contributed by atoms with Crippen LogP contribution in [0.15, 0.2) is 24.3 Å². The highest BCUT2D eigenvalue weighted by Gasteiger charge is 2.13. The van der Waals surface area contributed by atoms with Gasteiger partial charge in [0.1, 0.15) is 5.75 Å². The molecule has 0 aliphatic heterocycles. The monoisotopic (exact) mass is 208 g/mol. The molecule has 0 aliphatic carbocycles. The van der Waals surface area contributed by atoms with Gasteiger partial charge in [0.2, 0.25) is 0 Å². The molecule has 0 fully saturated rings. The summed E-state index contributed by atoms with van der Waals surface area (Å²) in [6.07, 6.45) is 0.952. The maximum atomic E-state index is 6.12. The van der Waals surface area contributed by atoms with Gasteiger partial charge in [0, 0.05) is 6.04 Å². The lowest BCUT2D eigenvalue weighted by atomic mass is 9.93. The lowest BCUT2D eigenvalue weighted by Gasteiger charge is -2.19. The van der Waals surface area contributed by atoms with Crippen molar-refractivity contribution >= 4 is 0 Å². The van der Waals surface area contributed by atoms with Crippen LogP contribution in [-0.2, 0) is 0 Å². The molecule has 0 amide bonds. The van der Waals surface area contributed by atoms with E-state index < -0.39 is 0 Å². The first-order valence-corrected chi connectivity index (χ1v) is 5.28. The molecule has 1 rings (SSSR count). The van der Waals surface area contributed by atoms with Gasteiger partial charge in [-0.2, -0.15) is 0 Å². The number of ether oxygens (including phenoxy) is 1. The first-order valence-electron chi connectivity index (χ1n) is 5.28. The van der Waals surface area contributed by atoms with E-state index in [0.29, 0.717) is 12.5 Å². The Kier molecular flexibility index (Phi) is 4.59. The fourth-order valence-electron chi connectivity index (χ4n) is 1.60. The first-order chi connectivity index (χ1) is 7.19. The third kappa shape index (κ3) is 3.22. The Balaban J connectivity index is 2.69. The first kappa shape index (κ1) is 12.0. The smallest absolute Gasteiger partial charge is 0.118 e. The lowest BCUT2D eigenvalue weighted by Crippen LogP contribution is -2.21. The molecular formula is C12H20N2O. The third-order valence-electron chi connectivity index (χ3n) is 2.74. The zero-order chi connectivity index (χ0) is 11.3. The number of benzene rings is 1. The summed E-state index contributed by atoms with van der Waals surface area (Å²) in [7, 11) is 1.66. The largest absolute Gasteiger partial charge is 0.497 e. The van der Waals surface area contributed by atoms with E-state index in [-0.39, 0.29) is 6.04 Å². The van der Waals surface area contributed by atoms with E-state index in [1.54, 1.807) is 7.11 Å². The molecule has 0 bridgehead atoms. The molecule has 0 saturated carbocycles. The molecule has 0 saturated heterocycles. The van der Waals surface area contributed by atoms with E-state index in [2.05, 4.69) is 6.92 Å². The van der Waals surface area contributed by atoms with Crippen LogP contribution in [0.25, 0.3) is 0 Å². The molecule has 3 heteroatoms. The molecule has 2 atom stereocenters. The zero-order valence-corrected chi connectivity index (χ0v) is 9.44. The van der Waals surface area contributed by atoms with Crippen molar-refractivity contribution in [2.75, 3.05) is 13.7 Å². The van der Waals surface area contributed by atoms with Gasteiger partial charge in [-0.15, -0.1) is 0 Å². The molecule has 4 N–H and O–H groups in total. The average molecular weight is 208 g/mol. The van der Waals surface area contributed by atoms with E-state index in [1.165, 1.54) is 0 Å². The van der Waals surface area contributed by atoms with Gasteiger partial charge >= 0.3 is 0 Å². The molecule has 0 heterocycles. The molecule has 0 aliphatic rings. The summed E-state index contributed by atoms with van der Waals surface area (Å²) in [5, 5.41) is 0. The molecule has 84 valence electrons. The van der Waals surface area contributed by atoms with Gasteiger partial charge in [-0.05, 0) is 36.6 Å². The highest BCUT2D eigenvalue weighted by atomic mass is 16.5. The second kappa shape index (κ2) is 5.73. The summed E-state index contributed by atoms with van der Waals surface area (Å²) in [5.41, 5.74) is 12.8. The van der Waals surface area contributed by atoms with Gasteiger partial charge in [0.15, 0.2) is 0 Å². The topological polar surface area (TPSA) is 61.3 Å². The number of rotatable bonds is 5. The predicted molar refractivity (Wildman–Crippen MR) is 62.8 cm³/mol. The van der Waals surface area contributed by atoms with E-state index in [9.17, 15) is 0 Å². The van der Waals surface area contributed by atoms with Gasteiger partial charge < -0.3 is 16.2 Å². The van der Waals surface area contributed by atoms with E-state index in [4.69, 9.17) is 16.2 Å². The van der Waals surface area contributed by atoms with Crippen molar-refractivity contribution in [3.63, 3.8) is 0 Å². The quantitative estimate of drug-likeness (QED) is 0.774. The van der Waals surface area contributed by atoms with Crippen LogP contribution in [0.3, 0.4) is 0 Å². The second-order valence-electron chi connectivity index (χ2n) is 3.85. The van der Waals surface area contributed by atoms with Crippen molar-refractivity contribution in [1.82, 2.24) is 0 Å². The maximum absolute atomic E-state index is 6.12. The molecule has 0 aromatic heterocycles. The zero-order valence-electron chi connectivity index (χ0n) is 9.44. The minimum absolute atomic E-state index is 0.0551. The summed E-state index contributed by atoms with van der Waals surface area (Å²) in [4.78, 5) is 0. The van der Waals surface area contributed by atoms with Gasteiger partial charge in [-0.3, -0.25) is 0 Å². The molecule has 1 aromatic rings. The van der Waals surface area contributed by atoms with Gasteiger partial charge in [0.05, 0.1) is 7.11 Å². The minimum Gasteiger partial charge on any atom is -0.497 e. The summed E-state index contributed by atoms with van der Waals surface area (Å²) >= 11 is 0. The van der Waals surface area contributed by atoms with Crippen molar-refractivity contribution < 1.29 is 4.74 Å². The van der Waals surface area contributed by atoms with Crippen LogP contribution in [-0.4, -0.2) is 13.7 Å². The van der Waals surface area contributed by atoms with Gasteiger partial charge in [-0.1, -0.05) is 19.1 Å². The second-order valence-corrected chi connectivity index (χ2v) is 3.85. The standard InChI is InChI=1S/C12H20N2O/c1-9(7-8-13)12(14)10-3-5-11(15-2)6-4-10/h3-6,9,12H,7-8,13-14H2,1-2H3. The van der Waals surface area contributed by atoms with Crippen LogP contribution in [0, 0.1) is 5.92 Å². The molecule has 3 nitrogen and oxygen atoms in total. The van der Waals surface area contributed by atoms with Crippen molar-refractivity contribution in [2.45, 2.75) is 19.4 Å². The Bertz CT molecular complexity index is 284. The molecule has 1 aromatic carbocycles. The molecule has 2 unspecified atom stereocenters. The number of nitrogens with two attached hydrogens (primary N) is 2. The Morgan fingerprint density at radius 1 is 1.27 bits per heavy atom. The van der Waals surface area contributed by atoms with Crippen molar-refractivity contribution in [3.8, 4) is 5.75 Å². The highest BCUT2D eigenvalue weighted by molar-refractivity contribution is 5.29. The maximum Gasteiger partial charge on any atom is 0.118 e. The van der Waals surface area contributed by atoms with E-state index >= 15 is 0 Å². The van der Waals surface area contributed by atoms with E-state index in [0.717, 1.165) is 17.7 Å². The molecule has 15 heavy (non-hydrogen) atoms. The van der Waals surface area contributed by atoms with Crippen molar-refractivity contribution in [3.05, 3.63) is 29.8 Å². The normalized spacial score (nSPS) is 14.7. The third-order valence-corrected chi connectivity index (χ3v) is 2.74.